The van der Waals surface area contributed by atoms with E-state index in [2.05, 4.69) is 10.6 Å². The van der Waals surface area contributed by atoms with Crippen molar-refractivity contribution in [2.24, 2.45) is 0 Å². The van der Waals surface area contributed by atoms with Crippen LogP contribution < -0.4 is 15.4 Å². The first kappa shape index (κ1) is 19.1. The van der Waals surface area contributed by atoms with Gasteiger partial charge < -0.3 is 15.4 Å². The third kappa shape index (κ3) is 3.44. The predicted octanol–water partition coefficient (Wildman–Crippen LogP) is 1.43. The zero-order valence-electron chi connectivity index (χ0n) is 15.4. The summed E-state index contributed by atoms with van der Waals surface area (Å²) in [5, 5.41) is 5.11. The van der Waals surface area contributed by atoms with E-state index in [0.717, 1.165) is 4.90 Å². The Balaban J connectivity index is 1.81. The Morgan fingerprint density at radius 3 is 2.14 bits per heavy atom. The lowest BCUT2D eigenvalue weighted by atomic mass is 10.00. The van der Waals surface area contributed by atoms with Crippen molar-refractivity contribution < 1.29 is 23.9 Å². The number of imide groups is 1. The van der Waals surface area contributed by atoms with Crippen molar-refractivity contribution in [1.29, 1.82) is 0 Å². The minimum absolute atomic E-state index is 0.275. The number of ether oxygens (including phenoxy) is 1. The van der Waals surface area contributed by atoms with Crippen LogP contribution in [0.5, 0.6) is 5.75 Å². The quantitative estimate of drug-likeness (QED) is 0.558. The summed E-state index contributed by atoms with van der Waals surface area (Å²) in [6.45, 7) is 1.14. The maximum absolute atomic E-state index is 12.8. The van der Waals surface area contributed by atoms with Crippen molar-refractivity contribution in [1.82, 2.24) is 10.2 Å². The summed E-state index contributed by atoms with van der Waals surface area (Å²) in [4.78, 5) is 50.1. The molecule has 0 spiro atoms. The fourth-order valence-electron chi connectivity index (χ4n) is 2.96. The van der Waals surface area contributed by atoms with Crippen LogP contribution in [0.15, 0.2) is 48.5 Å². The van der Waals surface area contributed by atoms with Crippen LogP contribution in [0, 0.1) is 0 Å². The van der Waals surface area contributed by atoms with E-state index in [9.17, 15) is 19.2 Å². The van der Waals surface area contributed by atoms with Crippen LogP contribution in [0.4, 0.5) is 5.69 Å². The summed E-state index contributed by atoms with van der Waals surface area (Å²) in [5.41, 5.74) is -0.491. The fourth-order valence-corrected chi connectivity index (χ4v) is 2.96. The van der Waals surface area contributed by atoms with E-state index >= 15 is 0 Å². The summed E-state index contributed by atoms with van der Waals surface area (Å²) in [6, 6.07) is 13.0. The van der Waals surface area contributed by atoms with Crippen molar-refractivity contribution in [3.05, 3.63) is 59.7 Å². The van der Waals surface area contributed by atoms with Gasteiger partial charge in [-0.15, -0.1) is 0 Å². The molecule has 0 unspecified atom stereocenters. The van der Waals surface area contributed by atoms with Crippen LogP contribution in [0.1, 0.15) is 27.6 Å². The van der Waals surface area contributed by atoms with E-state index in [0.29, 0.717) is 17.8 Å². The van der Waals surface area contributed by atoms with Gasteiger partial charge in [0.25, 0.3) is 17.7 Å². The lowest BCUT2D eigenvalue weighted by Crippen LogP contribution is -2.59. The highest BCUT2D eigenvalue weighted by Crippen LogP contribution is 2.25. The van der Waals surface area contributed by atoms with E-state index in [-0.39, 0.29) is 17.7 Å². The van der Waals surface area contributed by atoms with Gasteiger partial charge in [0.1, 0.15) is 11.3 Å². The predicted molar refractivity (Wildman–Crippen MR) is 101 cm³/mol. The SMILES string of the molecule is COc1ccc(NC(=O)[C@@](C)(CN2C(=O)c3ccccc3C2=O)NC=O)cc1. The molecule has 144 valence electrons. The standard InChI is InChI=1S/C20H19N3O5/c1-20(21-12-24,19(27)22-13-7-9-14(28-2)10-8-13)11-23-17(25)15-5-3-4-6-16(15)18(23)26/h3-10,12H,11H2,1-2H3,(H,21,24)(H,22,27)/t20-/m1/s1. The molecule has 1 aliphatic rings. The molecule has 3 rings (SSSR count). The summed E-state index contributed by atoms with van der Waals surface area (Å²) < 4.78 is 5.07. The number of amides is 4. The Labute approximate surface area is 161 Å². The second kappa shape index (κ2) is 7.51. The molecule has 2 aromatic rings. The van der Waals surface area contributed by atoms with Crippen molar-refractivity contribution >= 4 is 29.8 Å². The molecule has 0 aromatic heterocycles. The topological polar surface area (TPSA) is 105 Å². The third-order valence-electron chi connectivity index (χ3n) is 4.58. The van der Waals surface area contributed by atoms with Crippen LogP contribution in [-0.2, 0) is 9.59 Å². The van der Waals surface area contributed by atoms with Gasteiger partial charge in [-0.05, 0) is 43.3 Å². The first-order chi connectivity index (χ1) is 13.4. The molecule has 0 aliphatic carbocycles. The number of carbonyl (C=O) groups is 4. The normalized spacial score (nSPS) is 14.9. The molecular formula is C20H19N3O5. The molecule has 8 nitrogen and oxygen atoms in total. The average Bonchev–Trinajstić information content (AvgIpc) is 2.94. The minimum Gasteiger partial charge on any atom is -0.497 e. The number of anilines is 1. The van der Waals surface area contributed by atoms with Gasteiger partial charge >= 0.3 is 0 Å². The molecule has 8 heteroatoms. The van der Waals surface area contributed by atoms with Crippen molar-refractivity contribution in [2.45, 2.75) is 12.5 Å². The van der Waals surface area contributed by atoms with Crippen LogP contribution in [-0.4, -0.2) is 48.2 Å². The molecular weight excluding hydrogens is 362 g/mol. The van der Waals surface area contributed by atoms with Crippen molar-refractivity contribution in [3.8, 4) is 5.75 Å². The molecule has 2 aromatic carbocycles. The average molecular weight is 381 g/mol. The summed E-state index contributed by atoms with van der Waals surface area (Å²) in [7, 11) is 1.53. The van der Waals surface area contributed by atoms with Gasteiger partial charge in [-0.3, -0.25) is 24.1 Å². The molecule has 0 bridgehead atoms. The van der Waals surface area contributed by atoms with Gasteiger partial charge in [0, 0.05) is 5.69 Å². The van der Waals surface area contributed by atoms with Gasteiger partial charge in [-0.2, -0.15) is 0 Å². The van der Waals surface area contributed by atoms with Crippen LogP contribution in [0.25, 0.3) is 0 Å². The highest BCUT2D eigenvalue weighted by atomic mass is 16.5. The van der Waals surface area contributed by atoms with E-state index in [1.54, 1.807) is 48.5 Å². The Morgan fingerprint density at radius 2 is 1.64 bits per heavy atom. The van der Waals surface area contributed by atoms with E-state index in [4.69, 9.17) is 4.74 Å². The van der Waals surface area contributed by atoms with Gasteiger partial charge in [0.05, 0.1) is 24.8 Å². The monoisotopic (exact) mass is 381 g/mol. The Bertz CT molecular complexity index is 906. The number of rotatable bonds is 7. The molecule has 2 N–H and O–H groups in total. The number of nitrogens with one attached hydrogen (secondary N) is 2. The second-order valence-corrected chi connectivity index (χ2v) is 6.52. The maximum Gasteiger partial charge on any atom is 0.261 e. The zero-order valence-corrected chi connectivity index (χ0v) is 15.4. The van der Waals surface area contributed by atoms with Gasteiger partial charge in [-0.25, -0.2) is 0 Å². The number of nitrogens with zero attached hydrogens (tertiary/aromatic N) is 1. The van der Waals surface area contributed by atoms with Crippen LogP contribution in [0.2, 0.25) is 0 Å². The molecule has 0 saturated heterocycles. The Hall–Kier alpha value is -3.68. The van der Waals surface area contributed by atoms with Crippen LogP contribution in [0.3, 0.4) is 0 Å². The number of carbonyl (C=O) groups excluding carboxylic acids is 4. The van der Waals surface area contributed by atoms with E-state index in [1.807, 2.05) is 0 Å². The number of hydrogen-bond acceptors (Lipinski definition) is 5. The molecule has 0 radical (unpaired) electrons. The number of hydrogen-bond donors (Lipinski definition) is 2. The molecule has 28 heavy (non-hydrogen) atoms. The molecule has 0 saturated carbocycles. The zero-order chi connectivity index (χ0) is 20.3. The van der Waals surface area contributed by atoms with Gasteiger partial charge in [-0.1, -0.05) is 12.1 Å². The number of fused-ring (bicyclic) bond motifs is 1. The lowest BCUT2D eigenvalue weighted by molar-refractivity contribution is -0.125. The van der Waals surface area contributed by atoms with Gasteiger partial charge in [0.15, 0.2) is 0 Å². The molecule has 0 fully saturated rings. The first-order valence-corrected chi connectivity index (χ1v) is 8.51. The van der Waals surface area contributed by atoms with E-state index < -0.39 is 23.3 Å². The lowest BCUT2D eigenvalue weighted by Gasteiger charge is -2.31. The largest absolute Gasteiger partial charge is 0.497 e. The third-order valence-corrected chi connectivity index (χ3v) is 4.58. The maximum atomic E-state index is 12.8. The van der Waals surface area contributed by atoms with Crippen LogP contribution >= 0.6 is 0 Å². The Morgan fingerprint density at radius 1 is 1.07 bits per heavy atom. The molecule has 1 atom stereocenters. The van der Waals surface area contributed by atoms with Crippen molar-refractivity contribution in [2.75, 3.05) is 19.0 Å². The summed E-state index contributed by atoms with van der Waals surface area (Å²) >= 11 is 0. The summed E-state index contributed by atoms with van der Waals surface area (Å²) in [6.07, 6.45) is 0.367. The highest BCUT2D eigenvalue weighted by molar-refractivity contribution is 6.21. The summed E-state index contributed by atoms with van der Waals surface area (Å²) in [5.74, 6) is -0.951. The molecule has 4 amide bonds. The second-order valence-electron chi connectivity index (χ2n) is 6.52. The number of methoxy groups -OCH3 is 1. The van der Waals surface area contributed by atoms with Gasteiger partial charge in [0.2, 0.25) is 6.41 Å². The molecule has 1 heterocycles. The van der Waals surface area contributed by atoms with E-state index in [1.165, 1.54) is 14.0 Å². The van der Waals surface area contributed by atoms with Crippen molar-refractivity contribution in [3.63, 3.8) is 0 Å². The number of benzene rings is 2. The minimum atomic E-state index is -1.52. The smallest absolute Gasteiger partial charge is 0.261 e. The first-order valence-electron chi connectivity index (χ1n) is 8.51. The fraction of sp³-hybridized carbons (Fsp3) is 0.200. The molecule has 1 aliphatic heterocycles. The Kier molecular flexibility index (Phi) is 5.12. The highest BCUT2D eigenvalue weighted by Gasteiger charge is 2.43.